The lowest BCUT2D eigenvalue weighted by atomic mass is 10.1. The van der Waals surface area contributed by atoms with Crippen LogP contribution < -0.4 is 5.73 Å². The molecule has 104 valence electrons. The molecule has 6 heteroatoms. The number of primary amides is 1. The van der Waals surface area contributed by atoms with Crippen molar-refractivity contribution in [2.24, 2.45) is 11.7 Å². The van der Waals surface area contributed by atoms with E-state index in [2.05, 4.69) is 0 Å². The number of halogens is 1. The minimum Gasteiger partial charge on any atom is -0.481 e. The number of carboxylic acids is 1. The van der Waals surface area contributed by atoms with Crippen LogP contribution in [0.25, 0.3) is 0 Å². The maximum Gasteiger partial charge on any atom is 0.307 e. The van der Waals surface area contributed by atoms with Crippen molar-refractivity contribution in [3.8, 4) is 0 Å². The zero-order valence-electron chi connectivity index (χ0n) is 10.7. The second-order valence-corrected chi connectivity index (χ2v) is 4.87. The van der Waals surface area contributed by atoms with Gasteiger partial charge in [-0.15, -0.1) is 0 Å². The third-order valence-electron chi connectivity index (χ3n) is 2.68. The van der Waals surface area contributed by atoms with Crippen LogP contribution in [-0.4, -0.2) is 35.0 Å². The summed E-state index contributed by atoms with van der Waals surface area (Å²) in [6, 6.07) is 7.23. The van der Waals surface area contributed by atoms with Crippen molar-refractivity contribution in [3.05, 3.63) is 34.9 Å². The molecule has 0 aliphatic carbocycles. The summed E-state index contributed by atoms with van der Waals surface area (Å²) >= 11 is 6.04. The zero-order valence-corrected chi connectivity index (χ0v) is 11.4. The van der Waals surface area contributed by atoms with Crippen LogP contribution in [0.2, 0.25) is 5.02 Å². The van der Waals surface area contributed by atoms with E-state index in [1.54, 1.807) is 17.9 Å². The fourth-order valence-electron chi connectivity index (χ4n) is 1.74. The molecule has 1 aromatic carbocycles. The molecule has 3 N–H and O–H groups in total. The first-order valence-electron chi connectivity index (χ1n) is 5.87. The molecule has 0 spiro atoms. The Morgan fingerprint density at radius 3 is 2.58 bits per heavy atom. The average molecular weight is 285 g/mol. The summed E-state index contributed by atoms with van der Waals surface area (Å²) in [7, 11) is 0. The number of amides is 1. The van der Waals surface area contributed by atoms with Crippen LogP contribution in [0.4, 0.5) is 0 Å². The Morgan fingerprint density at radius 2 is 2.05 bits per heavy atom. The maximum atomic E-state index is 11.0. The van der Waals surface area contributed by atoms with E-state index >= 15 is 0 Å². The summed E-state index contributed by atoms with van der Waals surface area (Å²) in [6.45, 7) is 2.22. The number of rotatable bonds is 7. The molecule has 1 amide bonds. The van der Waals surface area contributed by atoms with E-state index in [1.807, 2.05) is 18.2 Å². The SMILES string of the molecule is CC(CN(CC(N)=O)Cc1ccccc1Cl)C(=O)O. The number of carboxylic acid groups (broad SMARTS) is 1. The van der Waals surface area contributed by atoms with Crippen LogP contribution in [0.5, 0.6) is 0 Å². The lowest BCUT2D eigenvalue weighted by Crippen LogP contribution is -2.37. The summed E-state index contributed by atoms with van der Waals surface area (Å²) < 4.78 is 0. The molecule has 0 aliphatic rings. The number of benzene rings is 1. The number of hydrogen-bond acceptors (Lipinski definition) is 3. The molecule has 0 saturated heterocycles. The Morgan fingerprint density at radius 1 is 1.42 bits per heavy atom. The minimum atomic E-state index is -0.909. The monoisotopic (exact) mass is 284 g/mol. The number of carbonyl (C=O) groups is 2. The first-order chi connectivity index (χ1) is 8.90. The van der Waals surface area contributed by atoms with E-state index in [1.165, 1.54) is 0 Å². The largest absolute Gasteiger partial charge is 0.481 e. The molecule has 0 radical (unpaired) electrons. The van der Waals surface area contributed by atoms with Gasteiger partial charge in [-0.25, -0.2) is 0 Å². The smallest absolute Gasteiger partial charge is 0.307 e. The Bertz CT molecular complexity index is 465. The molecule has 0 aromatic heterocycles. The summed E-state index contributed by atoms with van der Waals surface area (Å²) in [4.78, 5) is 23.6. The third-order valence-corrected chi connectivity index (χ3v) is 3.05. The minimum absolute atomic E-state index is 0.00282. The summed E-state index contributed by atoms with van der Waals surface area (Å²) in [5.74, 6) is -1.99. The van der Waals surface area contributed by atoms with Crippen molar-refractivity contribution in [2.75, 3.05) is 13.1 Å². The lowest BCUT2D eigenvalue weighted by molar-refractivity contribution is -0.142. The molecule has 0 aliphatic heterocycles. The molecule has 1 aromatic rings. The zero-order chi connectivity index (χ0) is 14.4. The van der Waals surface area contributed by atoms with Gasteiger partial charge in [-0.1, -0.05) is 36.7 Å². The van der Waals surface area contributed by atoms with Crippen molar-refractivity contribution in [2.45, 2.75) is 13.5 Å². The third kappa shape index (κ3) is 5.28. The Hall–Kier alpha value is -1.59. The van der Waals surface area contributed by atoms with Gasteiger partial charge in [-0.05, 0) is 11.6 Å². The standard InChI is InChI=1S/C13H17ClN2O3/c1-9(13(18)19)6-16(8-12(15)17)7-10-4-2-3-5-11(10)14/h2-5,9H,6-8H2,1H3,(H2,15,17)(H,18,19). The summed E-state index contributed by atoms with van der Waals surface area (Å²) in [6.07, 6.45) is 0. The number of hydrogen-bond donors (Lipinski definition) is 2. The van der Waals surface area contributed by atoms with Crippen LogP contribution in [0, 0.1) is 5.92 Å². The van der Waals surface area contributed by atoms with Gasteiger partial charge in [0.15, 0.2) is 0 Å². The summed E-state index contributed by atoms with van der Waals surface area (Å²) in [5.41, 5.74) is 6.01. The molecule has 0 heterocycles. The van der Waals surface area contributed by atoms with Crippen LogP contribution in [0.15, 0.2) is 24.3 Å². The van der Waals surface area contributed by atoms with Crippen LogP contribution in [-0.2, 0) is 16.1 Å². The average Bonchev–Trinajstić information content (AvgIpc) is 2.31. The van der Waals surface area contributed by atoms with Crippen LogP contribution in [0.1, 0.15) is 12.5 Å². The fourth-order valence-corrected chi connectivity index (χ4v) is 1.93. The molecule has 5 nitrogen and oxygen atoms in total. The van der Waals surface area contributed by atoms with E-state index < -0.39 is 17.8 Å². The van der Waals surface area contributed by atoms with Gasteiger partial charge in [0.05, 0.1) is 12.5 Å². The predicted octanol–water partition coefficient (Wildman–Crippen LogP) is 1.35. The molecule has 1 rings (SSSR count). The van der Waals surface area contributed by atoms with E-state index in [0.717, 1.165) is 5.56 Å². The Kier molecular flexibility index (Phi) is 5.79. The number of nitrogens with two attached hydrogens (primary N) is 1. The van der Waals surface area contributed by atoms with Crippen molar-refractivity contribution >= 4 is 23.5 Å². The van der Waals surface area contributed by atoms with E-state index in [4.69, 9.17) is 22.4 Å². The number of nitrogens with zero attached hydrogens (tertiary/aromatic N) is 1. The topological polar surface area (TPSA) is 83.6 Å². The van der Waals surface area contributed by atoms with E-state index in [-0.39, 0.29) is 13.1 Å². The second-order valence-electron chi connectivity index (χ2n) is 4.47. The van der Waals surface area contributed by atoms with Gasteiger partial charge in [0, 0.05) is 18.1 Å². The van der Waals surface area contributed by atoms with Crippen molar-refractivity contribution in [1.29, 1.82) is 0 Å². The summed E-state index contributed by atoms with van der Waals surface area (Å²) in [5, 5.41) is 9.50. The second kappa shape index (κ2) is 7.11. The Labute approximate surface area is 117 Å². The molecule has 0 fully saturated rings. The normalized spacial score (nSPS) is 12.4. The highest BCUT2D eigenvalue weighted by Gasteiger charge is 2.18. The maximum absolute atomic E-state index is 11.0. The number of aliphatic carboxylic acids is 1. The molecule has 1 unspecified atom stereocenters. The molecule has 0 saturated carbocycles. The molecular formula is C13H17ClN2O3. The highest BCUT2D eigenvalue weighted by molar-refractivity contribution is 6.31. The van der Waals surface area contributed by atoms with E-state index in [9.17, 15) is 9.59 Å². The Balaban J connectivity index is 2.77. The highest BCUT2D eigenvalue weighted by Crippen LogP contribution is 2.17. The van der Waals surface area contributed by atoms with Crippen LogP contribution in [0.3, 0.4) is 0 Å². The predicted molar refractivity (Wildman–Crippen MR) is 72.7 cm³/mol. The van der Waals surface area contributed by atoms with Crippen molar-refractivity contribution in [3.63, 3.8) is 0 Å². The van der Waals surface area contributed by atoms with Gasteiger partial charge in [-0.2, -0.15) is 0 Å². The highest BCUT2D eigenvalue weighted by atomic mass is 35.5. The van der Waals surface area contributed by atoms with Gasteiger partial charge in [-0.3, -0.25) is 14.5 Å². The molecule has 1 atom stereocenters. The van der Waals surface area contributed by atoms with E-state index in [0.29, 0.717) is 11.6 Å². The van der Waals surface area contributed by atoms with Gasteiger partial charge in [0.25, 0.3) is 0 Å². The first-order valence-corrected chi connectivity index (χ1v) is 6.24. The van der Waals surface area contributed by atoms with Gasteiger partial charge >= 0.3 is 5.97 Å². The fraction of sp³-hybridized carbons (Fsp3) is 0.385. The molecular weight excluding hydrogens is 268 g/mol. The van der Waals surface area contributed by atoms with Gasteiger partial charge in [0.2, 0.25) is 5.91 Å². The molecule has 0 bridgehead atoms. The van der Waals surface area contributed by atoms with Crippen molar-refractivity contribution < 1.29 is 14.7 Å². The van der Waals surface area contributed by atoms with Crippen molar-refractivity contribution in [1.82, 2.24) is 4.90 Å². The first kappa shape index (κ1) is 15.5. The molecule has 19 heavy (non-hydrogen) atoms. The lowest BCUT2D eigenvalue weighted by Gasteiger charge is -2.23. The quantitative estimate of drug-likeness (QED) is 0.791. The van der Waals surface area contributed by atoms with Gasteiger partial charge < -0.3 is 10.8 Å². The van der Waals surface area contributed by atoms with Gasteiger partial charge in [0.1, 0.15) is 0 Å². The number of carbonyl (C=O) groups excluding carboxylic acids is 1. The van der Waals surface area contributed by atoms with Crippen LogP contribution >= 0.6 is 11.6 Å².